The van der Waals surface area contributed by atoms with Crippen LogP contribution < -0.4 is 9.47 Å². The summed E-state index contributed by atoms with van der Waals surface area (Å²) >= 11 is 0. The van der Waals surface area contributed by atoms with Crippen molar-refractivity contribution in [3.8, 4) is 11.5 Å². The Hall–Kier alpha value is -5.30. The molecular weight excluding hydrogens is 847 g/mol. The molecule has 6 aromatic rings. The lowest BCUT2D eigenvalue weighted by Gasteiger charge is -2.51. The van der Waals surface area contributed by atoms with E-state index in [1.165, 1.54) is 4.90 Å². The van der Waals surface area contributed by atoms with E-state index >= 15 is 0 Å². The molecule has 14 nitrogen and oxygen atoms in total. The van der Waals surface area contributed by atoms with Gasteiger partial charge < -0.3 is 63.4 Å². The molecule has 3 heterocycles. The molecule has 3 aliphatic heterocycles. The van der Waals surface area contributed by atoms with Gasteiger partial charge in [0.25, 0.3) is 0 Å². The van der Waals surface area contributed by atoms with Crippen molar-refractivity contribution < 1.29 is 63.4 Å². The number of benzene rings is 6. The van der Waals surface area contributed by atoms with E-state index in [1.54, 1.807) is 55.6 Å². The number of hydrogen-bond donors (Lipinski definition) is 5. The first kappa shape index (κ1) is 45.8. The molecule has 0 saturated carbocycles. The minimum absolute atomic E-state index is 0.0253. The normalized spacial score (nSPS) is 28.8. The molecule has 0 radical (unpaired) electrons. The number of nitrogens with zero attached hydrogens (tertiary/aromatic N) is 1. The van der Waals surface area contributed by atoms with Gasteiger partial charge in [-0.2, -0.15) is 0 Å². The Kier molecular flexibility index (Phi) is 14.7. The summed E-state index contributed by atoms with van der Waals surface area (Å²) < 4.78 is 51.6. The summed E-state index contributed by atoms with van der Waals surface area (Å²) in [5, 5.41) is 60.4. The number of aliphatic hydroxyl groups excluding tert-OH is 5. The molecule has 3 aliphatic rings. The highest BCUT2D eigenvalue weighted by molar-refractivity contribution is 5.82. The fourth-order valence-corrected chi connectivity index (χ4v) is 9.01. The molecule has 346 valence electrons. The highest BCUT2D eigenvalue weighted by atomic mass is 16.7. The summed E-state index contributed by atoms with van der Waals surface area (Å²) in [7, 11) is 1.56. The van der Waals surface area contributed by atoms with Crippen LogP contribution in [0.4, 0.5) is 0 Å². The van der Waals surface area contributed by atoms with E-state index in [4.69, 9.17) is 37.9 Å². The minimum atomic E-state index is -1.59. The van der Waals surface area contributed by atoms with Crippen molar-refractivity contribution in [1.29, 1.82) is 0 Å². The lowest BCUT2D eigenvalue weighted by molar-refractivity contribution is -0.361. The average molecular weight is 902 g/mol. The van der Waals surface area contributed by atoms with Gasteiger partial charge >= 0.3 is 0 Å². The van der Waals surface area contributed by atoms with Gasteiger partial charge in [-0.15, -0.1) is 0 Å². The third-order valence-corrected chi connectivity index (χ3v) is 12.4. The number of fused-ring (bicyclic) bond motifs is 2. The average Bonchev–Trinajstić information content (AvgIpc) is 3.60. The number of methoxy groups -OCH3 is 1. The van der Waals surface area contributed by atoms with Gasteiger partial charge in [0.1, 0.15) is 72.7 Å². The summed E-state index contributed by atoms with van der Waals surface area (Å²) in [6.07, 6.45) is -14.3. The molecule has 14 heteroatoms. The Bertz CT molecular complexity index is 2430. The SMILES string of the molecule is COc1ccc(O[C@@H]2O[C@H](COCc3ccccc3)[C@@H](O[C@@H]3O[C@H](CO)[C@@H](O)[C@H](OCc4ccc5ccccc5c4)[C@H]3O)[C@H](OCc3ccccc3)[C@H]2N2C(O)c3ccccc3C2O)cc1. The predicted molar refractivity (Wildman–Crippen MR) is 241 cm³/mol. The van der Waals surface area contributed by atoms with Gasteiger partial charge in [-0.25, -0.2) is 4.90 Å². The summed E-state index contributed by atoms with van der Waals surface area (Å²) in [5.41, 5.74) is 3.50. The molecule has 2 saturated heterocycles. The second-order valence-corrected chi connectivity index (χ2v) is 16.7. The maximum absolute atomic E-state index is 12.1. The number of aliphatic hydroxyl groups is 5. The standard InChI is InChI=1S/C52H55NO13/c1-59-37-22-24-38(25-23-37)63-51-43(53-49(57)39-18-10-11-19-40(39)50(53)58)47(61-29-33-14-6-3-7-15-33)46(42(65-51)31-60-28-32-12-4-2-5-13-32)66-52-45(56)48(44(55)41(27-54)64-52)62-30-34-20-21-35-16-8-9-17-36(35)26-34/h2-26,41-52,54-58H,27-31H2,1H3/t41-,42-,43-,44-,45-,46-,47-,48+,49?,50?,51-,52+/m1/s1. The van der Waals surface area contributed by atoms with Crippen LogP contribution in [0.25, 0.3) is 10.8 Å². The molecule has 2 unspecified atom stereocenters. The third kappa shape index (κ3) is 10.0. The van der Waals surface area contributed by atoms with E-state index < -0.39 is 80.4 Å². The Labute approximate surface area is 383 Å². The molecule has 0 bridgehead atoms. The lowest BCUT2D eigenvalue weighted by atomic mass is 9.93. The molecule has 9 rings (SSSR count). The quantitative estimate of drug-likeness (QED) is 0.0772. The summed E-state index contributed by atoms with van der Waals surface area (Å²) in [6, 6.07) is 45.7. The Morgan fingerprint density at radius 2 is 1.11 bits per heavy atom. The van der Waals surface area contributed by atoms with Crippen molar-refractivity contribution in [2.45, 2.75) is 93.6 Å². The van der Waals surface area contributed by atoms with E-state index in [1.807, 2.05) is 103 Å². The molecule has 66 heavy (non-hydrogen) atoms. The van der Waals surface area contributed by atoms with Gasteiger partial charge in [0, 0.05) is 11.1 Å². The van der Waals surface area contributed by atoms with Crippen LogP contribution in [-0.2, 0) is 48.2 Å². The fraction of sp³-hybridized carbons (Fsp3) is 0.346. The zero-order chi connectivity index (χ0) is 45.6. The molecule has 0 aromatic heterocycles. The van der Waals surface area contributed by atoms with Gasteiger partial charge in [-0.1, -0.05) is 121 Å². The van der Waals surface area contributed by atoms with Crippen LogP contribution in [-0.4, -0.2) is 112 Å². The molecule has 0 amide bonds. The smallest absolute Gasteiger partial charge is 0.218 e. The number of rotatable bonds is 17. The van der Waals surface area contributed by atoms with Gasteiger partial charge in [0.2, 0.25) is 6.29 Å². The Morgan fingerprint density at radius 1 is 0.530 bits per heavy atom. The molecule has 0 spiro atoms. The summed E-state index contributed by atoms with van der Waals surface area (Å²) in [4.78, 5) is 1.47. The van der Waals surface area contributed by atoms with Crippen LogP contribution in [0.3, 0.4) is 0 Å². The highest BCUT2D eigenvalue weighted by Gasteiger charge is 2.58. The van der Waals surface area contributed by atoms with Crippen LogP contribution in [0.15, 0.2) is 152 Å². The third-order valence-electron chi connectivity index (χ3n) is 12.4. The van der Waals surface area contributed by atoms with Crippen molar-refractivity contribution >= 4 is 10.8 Å². The van der Waals surface area contributed by atoms with Crippen LogP contribution in [0.5, 0.6) is 11.5 Å². The van der Waals surface area contributed by atoms with Gasteiger partial charge in [-0.05, 0) is 57.8 Å². The first-order valence-electron chi connectivity index (χ1n) is 22.1. The second kappa shape index (κ2) is 21.1. The van der Waals surface area contributed by atoms with Crippen LogP contribution >= 0.6 is 0 Å². The summed E-state index contributed by atoms with van der Waals surface area (Å²) in [6.45, 7) is -0.417. The zero-order valence-corrected chi connectivity index (χ0v) is 36.3. The molecule has 5 N–H and O–H groups in total. The number of hydrogen-bond acceptors (Lipinski definition) is 14. The molecule has 12 atom stereocenters. The van der Waals surface area contributed by atoms with E-state index in [9.17, 15) is 25.5 Å². The van der Waals surface area contributed by atoms with Crippen LogP contribution in [0, 0.1) is 0 Å². The fourth-order valence-electron chi connectivity index (χ4n) is 9.01. The van der Waals surface area contributed by atoms with Crippen molar-refractivity contribution in [3.63, 3.8) is 0 Å². The largest absolute Gasteiger partial charge is 0.497 e. The molecular formula is C52H55NO13. The second-order valence-electron chi connectivity index (χ2n) is 16.7. The van der Waals surface area contributed by atoms with E-state index in [2.05, 4.69) is 0 Å². The van der Waals surface area contributed by atoms with Gasteiger partial charge in [-0.3, -0.25) is 0 Å². The van der Waals surface area contributed by atoms with Gasteiger partial charge in [0.15, 0.2) is 6.29 Å². The number of ether oxygens (including phenoxy) is 8. The van der Waals surface area contributed by atoms with Crippen molar-refractivity contribution in [3.05, 3.63) is 179 Å². The maximum Gasteiger partial charge on any atom is 0.218 e. The Morgan fingerprint density at radius 3 is 1.77 bits per heavy atom. The monoisotopic (exact) mass is 901 g/mol. The Balaban J connectivity index is 1.09. The van der Waals surface area contributed by atoms with E-state index in [0.29, 0.717) is 22.6 Å². The summed E-state index contributed by atoms with van der Waals surface area (Å²) in [5.74, 6) is 1.000. The van der Waals surface area contributed by atoms with Gasteiger partial charge in [0.05, 0.1) is 40.1 Å². The predicted octanol–water partition coefficient (Wildman–Crippen LogP) is 5.53. The van der Waals surface area contributed by atoms with Crippen molar-refractivity contribution in [2.75, 3.05) is 20.3 Å². The zero-order valence-electron chi connectivity index (χ0n) is 36.3. The first-order valence-corrected chi connectivity index (χ1v) is 22.1. The van der Waals surface area contributed by atoms with E-state index in [0.717, 1.165) is 27.5 Å². The lowest BCUT2D eigenvalue weighted by Crippen LogP contribution is -2.69. The maximum atomic E-state index is 12.1. The van der Waals surface area contributed by atoms with Crippen molar-refractivity contribution in [1.82, 2.24) is 4.90 Å². The minimum Gasteiger partial charge on any atom is -0.497 e. The molecule has 2 fully saturated rings. The first-order chi connectivity index (χ1) is 32.3. The van der Waals surface area contributed by atoms with Crippen molar-refractivity contribution in [2.24, 2.45) is 0 Å². The van der Waals surface area contributed by atoms with Crippen LogP contribution in [0.2, 0.25) is 0 Å². The van der Waals surface area contributed by atoms with Crippen LogP contribution in [0.1, 0.15) is 40.3 Å². The van der Waals surface area contributed by atoms with E-state index in [-0.39, 0.29) is 26.4 Å². The topological polar surface area (TPSA) is 178 Å². The molecule has 6 aromatic carbocycles. The molecule has 0 aliphatic carbocycles. The highest BCUT2D eigenvalue weighted by Crippen LogP contribution is 2.46.